The van der Waals surface area contributed by atoms with Crippen LogP contribution in [0.5, 0.6) is 0 Å². The average Bonchev–Trinajstić information content (AvgIpc) is 2.91. The molecular weight excluding hydrogens is 467 g/mol. The quantitative estimate of drug-likeness (QED) is 0.324. The lowest BCUT2D eigenvalue weighted by Gasteiger charge is -2.31. The first-order chi connectivity index (χ1) is 17.9. The predicted octanol–water partition coefficient (Wildman–Crippen LogP) is 5.17. The Morgan fingerprint density at radius 2 is 2.00 bits per heavy atom. The van der Waals surface area contributed by atoms with Crippen LogP contribution in [0.4, 0.5) is 21.8 Å². The number of halogens is 1. The molecule has 1 aliphatic rings. The number of anilines is 3. The van der Waals surface area contributed by atoms with E-state index in [2.05, 4.69) is 42.3 Å². The van der Waals surface area contributed by atoms with E-state index in [-0.39, 0.29) is 17.6 Å². The summed E-state index contributed by atoms with van der Waals surface area (Å²) in [4.78, 5) is 19.8. The van der Waals surface area contributed by atoms with Gasteiger partial charge in [-0.15, -0.1) is 0 Å². The van der Waals surface area contributed by atoms with Crippen LogP contribution in [0.3, 0.4) is 0 Å². The number of rotatable bonds is 8. The molecule has 0 aliphatic carbocycles. The maximum Gasteiger partial charge on any atom is 0.229 e. The highest BCUT2D eigenvalue weighted by atomic mass is 19.1. The van der Waals surface area contributed by atoms with Crippen LogP contribution < -0.4 is 11.1 Å². The molecule has 37 heavy (non-hydrogen) atoms. The second kappa shape index (κ2) is 11.9. The maximum absolute atomic E-state index is 14.8. The Labute approximate surface area is 217 Å². The highest BCUT2D eigenvalue weighted by molar-refractivity contribution is 6.06. The molecule has 8 nitrogen and oxygen atoms in total. The molecule has 1 saturated heterocycles. The molecule has 1 aromatic carbocycles. The molecule has 3 heterocycles. The molecule has 4 rings (SSSR count). The van der Waals surface area contributed by atoms with Crippen molar-refractivity contribution in [1.82, 2.24) is 19.9 Å². The number of nitrogens with zero attached hydrogens (tertiary/aromatic N) is 6. The van der Waals surface area contributed by atoms with Crippen LogP contribution in [0.15, 0.2) is 47.7 Å². The van der Waals surface area contributed by atoms with Crippen molar-refractivity contribution in [3.05, 3.63) is 59.7 Å². The first kappa shape index (κ1) is 26.2. The zero-order valence-electron chi connectivity index (χ0n) is 21.6. The lowest BCUT2D eigenvalue weighted by Crippen LogP contribution is -2.33. The van der Waals surface area contributed by atoms with Gasteiger partial charge in [0, 0.05) is 48.7 Å². The molecular formula is C28H33FN8. The SMILES string of the molecule is CN=C(c1cc(-c2nc(Nc3ccc(C4CCN(CCC#N)CC4)cn3)ncc2F)ccc1N)C(C)C. The number of likely N-dealkylation sites (tertiary alicyclic amines) is 1. The number of nitrogens with one attached hydrogen (secondary N) is 1. The standard InChI is InChI=1S/C28H33FN8/c1-18(2)26(32-3)22-15-20(5-7-24(22)31)27-23(29)17-34-28(36-27)35-25-8-6-21(16-33-25)19-9-13-37(14-10-19)12-4-11-30/h5-8,15-19H,4,9-10,12-14,31H2,1-3H3,(H,33,34,35,36). The Morgan fingerprint density at radius 1 is 1.22 bits per heavy atom. The van der Waals surface area contributed by atoms with Gasteiger partial charge in [-0.3, -0.25) is 4.99 Å². The van der Waals surface area contributed by atoms with Crippen LogP contribution in [0.25, 0.3) is 11.3 Å². The topological polar surface area (TPSA) is 116 Å². The Morgan fingerprint density at radius 3 is 2.65 bits per heavy atom. The van der Waals surface area contributed by atoms with Crippen molar-refractivity contribution in [2.45, 2.75) is 39.0 Å². The van der Waals surface area contributed by atoms with E-state index in [1.54, 1.807) is 19.2 Å². The lowest BCUT2D eigenvalue weighted by molar-refractivity contribution is 0.216. The fraction of sp³-hybridized carbons (Fsp3) is 0.393. The van der Waals surface area contributed by atoms with Gasteiger partial charge in [0.05, 0.1) is 12.3 Å². The second-order valence-corrected chi connectivity index (χ2v) is 9.58. The molecule has 192 valence electrons. The first-order valence-corrected chi connectivity index (χ1v) is 12.6. The number of piperidine rings is 1. The summed E-state index contributed by atoms with van der Waals surface area (Å²) in [6.07, 6.45) is 5.72. The van der Waals surface area contributed by atoms with E-state index in [1.165, 1.54) is 5.56 Å². The van der Waals surface area contributed by atoms with Gasteiger partial charge in [0.1, 0.15) is 11.5 Å². The van der Waals surface area contributed by atoms with Crippen molar-refractivity contribution < 1.29 is 4.39 Å². The fourth-order valence-corrected chi connectivity index (χ4v) is 4.78. The van der Waals surface area contributed by atoms with Crippen LogP contribution in [0.2, 0.25) is 0 Å². The molecule has 3 aromatic rings. The van der Waals surface area contributed by atoms with Crippen molar-refractivity contribution in [3.63, 3.8) is 0 Å². The van der Waals surface area contributed by atoms with Gasteiger partial charge in [-0.25, -0.2) is 19.3 Å². The van der Waals surface area contributed by atoms with Crippen LogP contribution >= 0.6 is 0 Å². The van der Waals surface area contributed by atoms with Crippen LogP contribution in [0.1, 0.15) is 50.2 Å². The van der Waals surface area contributed by atoms with Crippen LogP contribution in [-0.4, -0.2) is 52.2 Å². The van der Waals surface area contributed by atoms with Crippen molar-refractivity contribution in [2.75, 3.05) is 37.7 Å². The van der Waals surface area contributed by atoms with E-state index in [9.17, 15) is 4.39 Å². The molecule has 0 radical (unpaired) electrons. The molecule has 1 aliphatic heterocycles. The lowest BCUT2D eigenvalue weighted by atomic mass is 9.90. The molecule has 3 N–H and O–H groups in total. The summed E-state index contributed by atoms with van der Waals surface area (Å²) in [5.41, 5.74) is 10.4. The second-order valence-electron chi connectivity index (χ2n) is 9.58. The number of benzene rings is 1. The average molecular weight is 501 g/mol. The smallest absolute Gasteiger partial charge is 0.229 e. The molecule has 0 spiro atoms. The van der Waals surface area contributed by atoms with E-state index in [0.717, 1.165) is 49.9 Å². The number of nitriles is 1. The number of aromatic nitrogens is 3. The summed E-state index contributed by atoms with van der Waals surface area (Å²) in [5, 5.41) is 11.9. The minimum atomic E-state index is -0.523. The normalized spacial score (nSPS) is 15.1. The largest absolute Gasteiger partial charge is 0.398 e. The third-order valence-corrected chi connectivity index (χ3v) is 6.76. The third kappa shape index (κ3) is 6.27. The van der Waals surface area contributed by atoms with Crippen molar-refractivity contribution in [3.8, 4) is 17.3 Å². The van der Waals surface area contributed by atoms with Crippen LogP contribution in [-0.2, 0) is 0 Å². The Bertz CT molecular complexity index is 1290. The van der Waals surface area contributed by atoms with Gasteiger partial charge in [0.25, 0.3) is 0 Å². The molecule has 2 aromatic heterocycles. The van der Waals surface area contributed by atoms with Gasteiger partial charge < -0.3 is 16.0 Å². The monoisotopic (exact) mass is 500 g/mol. The van der Waals surface area contributed by atoms with Crippen molar-refractivity contribution >= 4 is 23.2 Å². The van der Waals surface area contributed by atoms with E-state index in [1.807, 2.05) is 32.2 Å². The minimum absolute atomic E-state index is 0.167. The molecule has 0 bridgehead atoms. The maximum atomic E-state index is 14.8. The van der Waals surface area contributed by atoms with E-state index in [0.29, 0.717) is 29.4 Å². The van der Waals surface area contributed by atoms with Crippen LogP contribution in [0, 0.1) is 23.1 Å². The summed E-state index contributed by atoms with van der Waals surface area (Å²) < 4.78 is 14.8. The van der Waals surface area contributed by atoms with E-state index >= 15 is 0 Å². The summed E-state index contributed by atoms with van der Waals surface area (Å²) in [5.74, 6) is 0.945. The molecule has 1 fully saturated rings. The molecule has 0 amide bonds. The molecule has 0 unspecified atom stereocenters. The van der Waals surface area contributed by atoms with Gasteiger partial charge in [-0.2, -0.15) is 5.26 Å². The van der Waals surface area contributed by atoms with E-state index < -0.39 is 5.82 Å². The van der Waals surface area contributed by atoms with Crippen molar-refractivity contribution in [2.24, 2.45) is 10.9 Å². The highest BCUT2D eigenvalue weighted by Gasteiger charge is 2.21. The summed E-state index contributed by atoms with van der Waals surface area (Å²) in [6, 6.07) is 11.5. The summed E-state index contributed by atoms with van der Waals surface area (Å²) in [6.45, 7) is 6.91. The number of nitrogens with two attached hydrogens (primary N) is 1. The Hall–Kier alpha value is -3.90. The third-order valence-electron chi connectivity index (χ3n) is 6.76. The first-order valence-electron chi connectivity index (χ1n) is 12.6. The van der Waals surface area contributed by atoms with Gasteiger partial charge in [0.15, 0.2) is 5.82 Å². The van der Waals surface area contributed by atoms with Gasteiger partial charge >= 0.3 is 0 Å². The number of hydrogen-bond donors (Lipinski definition) is 2. The summed E-state index contributed by atoms with van der Waals surface area (Å²) >= 11 is 0. The van der Waals surface area contributed by atoms with Crippen molar-refractivity contribution in [1.29, 1.82) is 5.26 Å². The number of pyridine rings is 1. The molecule has 9 heteroatoms. The summed E-state index contributed by atoms with van der Waals surface area (Å²) in [7, 11) is 1.73. The van der Waals surface area contributed by atoms with Gasteiger partial charge in [-0.1, -0.05) is 26.0 Å². The fourth-order valence-electron chi connectivity index (χ4n) is 4.78. The number of nitrogen functional groups attached to an aromatic ring is 1. The number of hydrogen-bond acceptors (Lipinski definition) is 8. The minimum Gasteiger partial charge on any atom is -0.398 e. The van der Waals surface area contributed by atoms with E-state index in [4.69, 9.17) is 11.0 Å². The Balaban J connectivity index is 1.48. The zero-order chi connectivity index (χ0) is 26.4. The predicted molar refractivity (Wildman–Crippen MR) is 145 cm³/mol. The number of aliphatic imine (C=N–C) groups is 1. The Kier molecular flexibility index (Phi) is 8.41. The molecule has 0 atom stereocenters. The highest BCUT2D eigenvalue weighted by Crippen LogP contribution is 2.30. The zero-order valence-corrected chi connectivity index (χ0v) is 21.6. The van der Waals surface area contributed by atoms with Gasteiger partial charge in [-0.05, 0) is 61.5 Å². The van der Waals surface area contributed by atoms with Gasteiger partial charge in [0.2, 0.25) is 5.95 Å². The molecule has 0 saturated carbocycles.